The van der Waals surface area contributed by atoms with Crippen LogP contribution in [0.25, 0.3) is 0 Å². The number of aliphatic carboxylic acids is 1. The lowest BCUT2D eigenvalue weighted by Gasteiger charge is -2.08. The number of nitrogens with one attached hydrogen (secondary N) is 1. The predicted molar refractivity (Wildman–Crippen MR) is 73.6 cm³/mol. The van der Waals surface area contributed by atoms with Crippen molar-refractivity contribution in [3.05, 3.63) is 24.3 Å². The van der Waals surface area contributed by atoms with Crippen LogP contribution in [-0.2, 0) is 24.3 Å². The number of carbonyl (C=O) groups is 2. The Morgan fingerprint density at radius 2 is 1.86 bits per heavy atom. The normalized spacial score (nSPS) is 10.7. The number of hydrogen-bond acceptors (Lipinski definition) is 6. The molecule has 116 valence electrons. The Balaban J connectivity index is 2.58. The number of sulfonamides is 1. The minimum atomic E-state index is -3.72. The monoisotopic (exact) mass is 317 g/mol. The third-order valence-corrected chi connectivity index (χ3v) is 3.58. The van der Waals surface area contributed by atoms with Gasteiger partial charge in [-0.15, -0.1) is 0 Å². The van der Waals surface area contributed by atoms with Crippen molar-refractivity contribution in [3.63, 3.8) is 0 Å². The number of methoxy groups -OCH3 is 1. The van der Waals surface area contributed by atoms with Crippen LogP contribution in [0.3, 0.4) is 0 Å². The minimum Gasteiger partial charge on any atom is -0.482 e. The maximum absolute atomic E-state index is 11.6. The molecule has 2 N–H and O–H groups in total. The van der Waals surface area contributed by atoms with Crippen LogP contribution in [0.15, 0.2) is 24.3 Å². The maximum Gasteiger partial charge on any atom is 0.343 e. The largest absolute Gasteiger partial charge is 0.482 e. The number of anilines is 1. The molecule has 0 saturated carbocycles. The van der Waals surface area contributed by atoms with E-state index in [1.165, 1.54) is 31.4 Å². The van der Waals surface area contributed by atoms with Gasteiger partial charge in [0.1, 0.15) is 5.75 Å². The van der Waals surface area contributed by atoms with Crippen molar-refractivity contribution in [1.29, 1.82) is 0 Å². The molecule has 0 bridgehead atoms. The molecule has 21 heavy (non-hydrogen) atoms. The van der Waals surface area contributed by atoms with Gasteiger partial charge >= 0.3 is 11.9 Å². The Bertz CT molecular complexity index is 595. The Kier molecular flexibility index (Phi) is 5.97. The average Bonchev–Trinajstić information content (AvgIpc) is 2.44. The molecule has 1 aromatic carbocycles. The van der Waals surface area contributed by atoms with Crippen LogP contribution in [0.4, 0.5) is 5.69 Å². The van der Waals surface area contributed by atoms with Crippen LogP contribution in [-0.4, -0.2) is 44.9 Å². The van der Waals surface area contributed by atoms with Crippen molar-refractivity contribution in [1.82, 2.24) is 0 Å². The lowest BCUT2D eigenvalue weighted by molar-refractivity contribution is -0.143. The fourth-order valence-corrected chi connectivity index (χ4v) is 2.31. The van der Waals surface area contributed by atoms with Gasteiger partial charge in [0.05, 0.1) is 19.3 Å². The second-order valence-corrected chi connectivity index (χ2v) is 5.80. The van der Waals surface area contributed by atoms with E-state index in [9.17, 15) is 18.0 Å². The molecule has 0 aliphatic heterocycles. The highest BCUT2D eigenvalue weighted by Crippen LogP contribution is 2.17. The van der Waals surface area contributed by atoms with Crippen LogP contribution in [0.2, 0.25) is 0 Å². The van der Waals surface area contributed by atoms with Crippen LogP contribution in [0.1, 0.15) is 6.42 Å². The third kappa shape index (κ3) is 6.61. The highest BCUT2D eigenvalue weighted by Gasteiger charge is 2.13. The topological polar surface area (TPSA) is 119 Å². The van der Waals surface area contributed by atoms with Gasteiger partial charge in [0.2, 0.25) is 10.0 Å². The number of hydrogen-bond donors (Lipinski definition) is 2. The first-order valence-corrected chi connectivity index (χ1v) is 7.49. The molecule has 1 aromatic rings. The number of carboxylic acid groups (broad SMARTS) is 1. The zero-order chi connectivity index (χ0) is 15.9. The number of benzene rings is 1. The van der Waals surface area contributed by atoms with E-state index in [-0.39, 0.29) is 12.3 Å². The Labute approximate surface area is 121 Å². The summed E-state index contributed by atoms with van der Waals surface area (Å²) >= 11 is 0. The Morgan fingerprint density at radius 3 is 2.38 bits per heavy atom. The molecule has 0 heterocycles. The summed E-state index contributed by atoms with van der Waals surface area (Å²) in [5, 5.41) is 8.46. The number of carbonyl (C=O) groups excluding carboxylic acids is 1. The molecule has 0 amide bonds. The molecule has 0 aliphatic rings. The molecule has 0 spiro atoms. The molecular weight excluding hydrogens is 302 g/mol. The van der Waals surface area contributed by atoms with E-state index in [1.54, 1.807) is 0 Å². The second-order valence-electron chi connectivity index (χ2n) is 3.95. The first-order valence-electron chi connectivity index (χ1n) is 5.84. The van der Waals surface area contributed by atoms with Gasteiger partial charge in [0.15, 0.2) is 6.61 Å². The zero-order valence-corrected chi connectivity index (χ0v) is 12.1. The SMILES string of the molecule is COC(=O)COc1ccc(NS(=O)(=O)CCC(=O)O)cc1. The van der Waals surface area contributed by atoms with E-state index >= 15 is 0 Å². The number of carboxylic acids is 1. The summed E-state index contributed by atoms with van der Waals surface area (Å²) in [5.41, 5.74) is 0.269. The summed E-state index contributed by atoms with van der Waals surface area (Å²) in [4.78, 5) is 21.2. The van der Waals surface area contributed by atoms with Gasteiger partial charge in [-0.3, -0.25) is 9.52 Å². The van der Waals surface area contributed by atoms with Crippen molar-refractivity contribution in [3.8, 4) is 5.75 Å². The van der Waals surface area contributed by atoms with Gasteiger partial charge in [0.25, 0.3) is 0 Å². The van der Waals surface area contributed by atoms with E-state index in [0.717, 1.165) is 0 Å². The molecule has 0 unspecified atom stereocenters. The average molecular weight is 317 g/mol. The van der Waals surface area contributed by atoms with Gasteiger partial charge in [0, 0.05) is 5.69 Å². The molecule has 0 aliphatic carbocycles. The van der Waals surface area contributed by atoms with Gasteiger partial charge in [-0.25, -0.2) is 13.2 Å². The first-order chi connectivity index (χ1) is 9.82. The third-order valence-electron chi connectivity index (χ3n) is 2.30. The van der Waals surface area contributed by atoms with Crippen LogP contribution in [0, 0.1) is 0 Å². The van der Waals surface area contributed by atoms with Crippen LogP contribution >= 0.6 is 0 Å². The summed E-state index contributed by atoms with van der Waals surface area (Å²) in [6, 6.07) is 5.81. The lowest BCUT2D eigenvalue weighted by atomic mass is 10.3. The highest BCUT2D eigenvalue weighted by atomic mass is 32.2. The number of ether oxygens (including phenoxy) is 2. The van der Waals surface area contributed by atoms with Crippen molar-refractivity contribution in [2.75, 3.05) is 24.2 Å². The fourth-order valence-electron chi connectivity index (χ4n) is 1.27. The van der Waals surface area contributed by atoms with Crippen LogP contribution < -0.4 is 9.46 Å². The van der Waals surface area contributed by atoms with Gasteiger partial charge in [-0.1, -0.05) is 0 Å². The summed E-state index contributed by atoms with van der Waals surface area (Å²) in [6.45, 7) is -0.250. The quantitative estimate of drug-likeness (QED) is 0.668. The number of rotatable bonds is 8. The number of esters is 1. The minimum absolute atomic E-state index is 0.250. The van der Waals surface area contributed by atoms with Crippen molar-refractivity contribution in [2.45, 2.75) is 6.42 Å². The molecule has 0 aromatic heterocycles. The molecule has 0 radical (unpaired) electrons. The fraction of sp³-hybridized carbons (Fsp3) is 0.333. The van der Waals surface area contributed by atoms with Gasteiger partial charge < -0.3 is 14.6 Å². The van der Waals surface area contributed by atoms with Crippen molar-refractivity contribution in [2.24, 2.45) is 0 Å². The molecule has 0 fully saturated rings. The maximum atomic E-state index is 11.6. The smallest absolute Gasteiger partial charge is 0.343 e. The highest BCUT2D eigenvalue weighted by molar-refractivity contribution is 7.92. The van der Waals surface area contributed by atoms with E-state index in [4.69, 9.17) is 9.84 Å². The van der Waals surface area contributed by atoms with Crippen molar-refractivity contribution >= 4 is 27.6 Å². The van der Waals surface area contributed by atoms with Crippen LogP contribution in [0.5, 0.6) is 5.75 Å². The molecule has 9 heteroatoms. The van der Waals surface area contributed by atoms with Gasteiger partial charge in [-0.2, -0.15) is 0 Å². The molecule has 0 saturated heterocycles. The standard InChI is InChI=1S/C12H15NO7S/c1-19-12(16)8-20-10-4-2-9(3-5-10)13-21(17,18)7-6-11(14)15/h2-5,13H,6-8H2,1H3,(H,14,15). The predicted octanol–water partition coefficient (Wildman–Crippen LogP) is 0.455. The molecular formula is C12H15NO7S. The van der Waals surface area contributed by atoms with E-state index in [1.807, 2.05) is 0 Å². The first kappa shape index (κ1) is 16.8. The summed E-state index contributed by atoms with van der Waals surface area (Å²) in [7, 11) is -2.48. The summed E-state index contributed by atoms with van der Waals surface area (Å²) in [6.07, 6.45) is -0.477. The summed E-state index contributed by atoms with van der Waals surface area (Å²) < 4.78 is 34.9. The Hall–Kier alpha value is -2.29. The lowest BCUT2D eigenvalue weighted by Crippen LogP contribution is -2.18. The van der Waals surface area contributed by atoms with Gasteiger partial charge in [-0.05, 0) is 24.3 Å². The molecule has 0 atom stereocenters. The summed E-state index contributed by atoms with van der Waals surface area (Å²) in [5.74, 6) is -1.86. The zero-order valence-electron chi connectivity index (χ0n) is 11.2. The van der Waals surface area contributed by atoms with Crippen molar-refractivity contribution < 1.29 is 32.6 Å². The Morgan fingerprint density at radius 1 is 1.24 bits per heavy atom. The van der Waals surface area contributed by atoms with E-state index in [0.29, 0.717) is 5.75 Å². The molecule has 1 rings (SSSR count). The van der Waals surface area contributed by atoms with E-state index in [2.05, 4.69) is 9.46 Å². The second kappa shape index (κ2) is 7.48. The molecule has 8 nitrogen and oxygen atoms in total. The van der Waals surface area contributed by atoms with E-state index < -0.39 is 34.1 Å².